The van der Waals surface area contributed by atoms with Gasteiger partial charge in [-0.2, -0.15) is 0 Å². The third kappa shape index (κ3) is 3.27. The van der Waals surface area contributed by atoms with Crippen LogP contribution in [0.15, 0.2) is 71.9 Å². The summed E-state index contributed by atoms with van der Waals surface area (Å²) in [5.41, 5.74) is 1.86. The highest BCUT2D eigenvalue weighted by atomic mass is 16.6. The standard InChI is InChI=1S/C20H17NO3/c1-14(21-23-2)18-9-5-6-10-19(18)24-20(22)17-12-11-15-7-3-4-8-16(15)13-17/h3-13H,1-2H3/b21-14+. The molecule has 0 aromatic heterocycles. The van der Waals surface area contributed by atoms with Crippen LogP contribution in [0, 0.1) is 0 Å². The predicted molar refractivity (Wildman–Crippen MR) is 94.6 cm³/mol. The first-order chi connectivity index (χ1) is 11.7. The molecule has 0 heterocycles. The molecule has 0 unspecified atom stereocenters. The van der Waals surface area contributed by atoms with Gasteiger partial charge >= 0.3 is 5.97 Å². The molecule has 3 aromatic rings. The molecule has 0 atom stereocenters. The summed E-state index contributed by atoms with van der Waals surface area (Å²) in [7, 11) is 1.48. The average Bonchev–Trinajstić information content (AvgIpc) is 2.62. The Balaban J connectivity index is 1.90. The van der Waals surface area contributed by atoms with Gasteiger partial charge in [-0.15, -0.1) is 0 Å². The van der Waals surface area contributed by atoms with Crippen molar-refractivity contribution >= 4 is 22.5 Å². The monoisotopic (exact) mass is 319 g/mol. The van der Waals surface area contributed by atoms with Gasteiger partial charge in [-0.25, -0.2) is 4.79 Å². The Hall–Kier alpha value is -3.14. The molecule has 0 saturated heterocycles. The van der Waals surface area contributed by atoms with Crippen LogP contribution in [0.3, 0.4) is 0 Å². The van der Waals surface area contributed by atoms with E-state index in [4.69, 9.17) is 9.57 Å². The van der Waals surface area contributed by atoms with Gasteiger partial charge in [0.1, 0.15) is 12.9 Å². The van der Waals surface area contributed by atoms with Gasteiger partial charge in [0, 0.05) is 5.56 Å². The van der Waals surface area contributed by atoms with E-state index < -0.39 is 5.97 Å². The van der Waals surface area contributed by atoms with Crippen LogP contribution in [0.25, 0.3) is 10.8 Å². The zero-order chi connectivity index (χ0) is 16.9. The predicted octanol–water partition coefficient (Wildman–Crippen LogP) is 4.43. The Morgan fingerprint density at radius 3 is 2.42 bits per heavy atom. The molecule has 3 rings (SSSR count). The molecule has 0 aliphatic heterocycles. The smallest absolute Gasteiger partial charge is 0.343 e. The van der Waals surface area contributed by atoms with E-state index in [1.807, 2.05) is 54.6 Å². The van der Waals surface area contributed by atoms with Crippen LogP contribution in [0.2, 0.25) is 0 Å². The highest BCUT2D eigenvalue weighted by Gasteiger charge is 2.13. The summed E-state index contributed by atoms with van der Waals surface area (Å²) >= 11 is 0. The van der Waals surface area contributed by atoms with Crippen molar-refractivity contribution in [1.29, 1.82) is 0 Å². The Bertz CT molecular complexity index is 915. The fraction of sp³-hybridized carbons (Fsp3) is 0.100. The molecule has 0 saturated carbocycles. The van der Waals surface area contributed by atoms with Gasteiger partial charge in [-0.05, 0) is 42.0 Å². The number of ether oxygens (including phenoxy) is 1. The third-order valence-electron chi connectivity index (χ3n) is 3.69. The number of oxime groups is 1. The molecule has 0 fully saturated rings. The molecule has 4 nitrogen and oxygen atoms in total. The molecule has 0 amide bonds. The summed E-state index contributed by atoms with van der Waals surface area (Å²) in [6.45, 7) is 1.80. The van der Waals surface area contributed by atoms with Crippen LogP contribution < -0.4 is 4.74 Å². The summed E-state index contributed by atoms with van der Waals surface area (Å²) in [6.07, 6.45) is 0. The Kier molecular flexibility index (Phi) is 4.57. The minimum absolute atomic E-state index is 0.404. The van der Waals surface area contributed by atoms with Gasteiger partial charge < -0.3 is 9.57 Å². The second-order valence-corrected chi connectivity index (χ2v) is 5.31. The lowest BCUT2D eigenvalue weighted by Gasteiger charge is -2.10. The number of nitrogens with zero attached hydrogens (tertiary/aromatic N) is 1. The van der Waals surface area contributed by atoms with Crippen molar-refractivity contribution in [1.82, 2.24) is 0 Å². The van der Waals surface area contributed by atoms with Crippen LogP contribution in [0.4, 0.5) is 0 Å². The summed E-state index contributed by atoms with van der Waals surface area (Å²) in [6, 6.07) is 20.6. The van der Waals surface area contributed by atoms with E-state index >= 15 is 0 Å². The first-order valence-electron chi connectivity index (χ1n) is 7.57. The van der Waals surface area contributed by atoms with E-state index in [0.29, 0.717) is 22.6 Å². The Labute approximate surface area is 140 Å². The Morgan fingerprint density at radius 2 is 1.62 bits per heavy atom. The van der Waals surface area contributed by atoms with E-state index in [2.05, 4.69) is 5.16 Å². The zero-order valence-electron chi connectivity index (χ0n) is 13.5. The van der Waals surface area contributed by atoms with E-state index in [1.165, 1.54) is 7.11 Å². The van der Waals surface area contributed by atoms with Crippen molar-refractivity contribution in [3.63, 3.8) is 0 Å². The number of esters is 1. The van der Waals surface area contributed by atoms with Crippen LogP contribution in [0.1, 0.15) is 22.8 Å². The number of carbonyl (C=O) groups excluding carboxylic acids is 1. The van der Waals surface area contributed by atoms with Crippen molar-refractivity contribution < 1.29 is 14.4 Å². The van der Waals surface area contributed by atoms with Crippen molar-refractivity contribution in [2.24, 2.45) is 5.16 Å². The molecule has 0 bridgehead atoms. The summed E-state index contributed by atoms with van der Waals surface area (Å²) in [5, 5.41) is 5.98. The van der Waals surface area contributed by atoms with Crippen molar-refractivity contribution in [3.05, 3.63) is 77.9 Å². The molecule has 24 heavy (non-hydrogen) atoms. The summed E-state index contributed by atoms with van der Waals surface area (Å²) in [4.78, 5) is 17.3. The Morgan fingerprint density at radius 1 is 0.917 bits per heavy atom. The first-order valence-corrected chi connectivity index (χ1v) is 7.57. The third-order valence-corrected chi connectivity index (χ3v) is 3.69. The van der Waals surface area contributed by atoms with Crippen LogP contribution in [0.5, 0.6) is 5.75 Å². The topological polar surface area (TPSA) is 47.9 Å². The number of para-hydroxylation sites is 1. The normalized spacial score (nSPS) is 11.3. The molecule has 0 spiro atoms. The lowest BCUT2D eigenvalue weighted by molar-refractivity contribution is 0.0734. The van der Waals surface area contributed by atoms with Crippen LogP contribution >= 0.6 is 0 Å². The molecule has 3 aromatic carbocycles. The molecule has 4 heteroatoms. The van der Waals surface area contributed by atoms with E-state index in [-0.39, 0.29) is 0 Å². The second-order valence-electron chi connectivity index (χ2n) is 5.31. The van der Waals surface area contributed by atoms with E-state index in [1.54, 1.807) is 19.1 Å². The van der Waals surface area contributed by atoms with Crippen LogP contribution in [-0.4, -0.2) is 18.8 Å². The minimum atomic E-state index is -0.404. The van der Waals surface area contributed by atoms with E-state index in [9.17, 15) is 4.79 Å². The van der Waals surface area contributed by atoms with Gasteiger partial charge in [-0.3, -0.25) is 0 Å². The average molecular weight is 319 g/mol. The highest BCUT2D eigenvalue weighted by Crippen LogP contribution is 2.22. The SMILES string of the molecule is CO/N=C(\C)c1ccccc1OC(=O)c1ccc2ccccc2c1. The van der Waals surface area contributed by atoms with Crippen molar-refractivity contribution in [2.75, 3.05) is 7.11 Å². The number of rotatable bonds is 4. The molecule has 0 aliphatic rings. The molecular weight excluding hydrogens is 302 g/mol. The number of fused-ring (bicyclic) bond motifs is 1. The second kappa shape index (κ2) is 6.96. The number of carbonyl (C=O) groups is 1. The fourth-order valence-corrected chi connectivity index (χ4v) is 2.52. The number of hydrogen-bond acceptors (Lipinski definition) is 4. The molecule has 0 radical (unpaired) electrons. The van der Waals surface area contributed by atoms with Gasteiger partial charge in [0.15, 0.2) is 0 Å². The van der Waals surface area contributed by atoms with Crippen LogP contribution in [-0.2, 0) is 4.84 Å². The zero-order valence-corrected chi connectivity index (χ0v) is 13.5. The number of benzene rings is 3. The summed E-state index contributed by atoms with van der Waals surface area (Å²) in [5.74, 6) is 0.0485. The molecule has 0 aliphatic carbocycles. The lowest BCUT2D eigenvalue weighted by atomic mass is 10.1. The quantitative estimate of drug-likeness (QED) is 0.309. The van der Waals surface area contributed by atoms with Crippen molar-refractivity contribution in [2.45, 2.75) is 6.92 Å². The highest BCUT2D eigenvalue weighted by molar-refractivity contribution is 6.02. The summed E-state index contributed by atoms with van der Waals surface area (Å²) < 4.78 is 5.57. The lowest BCUT2D eigenvalue weighted by Crippen LogP contribution is -2.11. The van der Waals surface area contributed by atoms with Gasteiger partial charge in [0.2, 0.25) is 0 Å². The first kappa shape index (κ1) is 15.7. The van der Waals surface area contributed by atoms with Crippen molar-refractivity contribution in [3.8, 4) is 5.75 Å². The maximum Gasteiger partial charge on any atom is 0.343 e. The molecule has 0 N–H and O–H groups in total. The van der Waals surface area contributed by atoms with Gasteiger partial charge in [-0.1, -0.05) is 47.6 Å². The molecular formula is C20H17NO3. The molecule has 120 valence electrons. The maximum atomic E-state index is 12.5. The largest absolute Gasteiger partial charge is 0.422 e. The maximum absolute atomic E-state index is 12.5. The van der Waals surface area contributed by atoms with E-state index in [0.717, 1.165) is 10.8 Å². The number of hydrogen-bond donors (Lipinski definition) is 0. The van der Waals surface area contributed by atoms with Gasteiger partial charge in [0.05, 0.1) is 11.3 Å². The van der Waals surface area contributed by atoms with Gasteiger partial charge in [0.25, 0.3) is 0 Å². The minimum Gasteiger partial charge on any atom is -0.422 e. The fourth-order valence-electron chi connectivity index (χ4n) is 2.52.